The van der Waals surface area contributed by atoms with Gasteiger partial charge in [-0.1, -0.05) is 46.5 Å². The summed E-state index contributed by atoms with van der Waals surface area (Å²) in [5.74, 6) is 0. The number of rotatable bonds is 2. The molecule has 2 N–H and O–H groups in total. The molecule has 2 aromatic carbocycles. The Morgan fingerprint density at radius 3 is 1.38 bits per heavy atom. The van der Waals surface area contributed by atoms with Crippen LogP contribution < -0.4 is 0 Å². The van der Waals surface area contributed by atoms with Crippen LogP contribution >= 0.6 is 7.15 Å². The van der Waals surface area contributed by atoms with Crippen LogP contribution in [0.3, 0.4) is 0 Å². The Kier molecular flexibility index (Phi) is 3.97. The molecule has 16 heavy (non-hydrogen) atoms. The van der Waals surface area contributed by atoms with E-state index >= 15 is 0 Å². The van der Waals surface area contributed by atoms with Crippen LogP contribution in [0, 0.1) is 0 Å². The van der Waals surface area contributed by atoms with Crippen molar-refractivity contribution in [2.24, 2.45) is 0 Å². The molecule has 0 aliphatic heterocycles. The van der Waals surface area contributed by atoms with Crippen LogP contribution in [0.2, 0.25) is 0 Å². The predicted octanol–water partition coefficient (Wildman–Crippen LogP) is 2.67. The Labute approximate surface area is 97.7 Å². The molecule has 0 atom stereocenters. The first-order valence-corrected chi connectivity index (χ1v) is 8.22. The van der Waals surface area contributed by atoms with Crippen LogP contribution in [-0.2, 0) is 10.1 Å². The minimum Gasteiger partial charge on any atom is -0.351 e. The zero-order valence-corrected chi connectivity index (χ0v) is 10.4. The minimum atomic E-state index is -2.35. The highest BCUT2D eigenvalue weighted by Gasteiger charge is 2.05. The second-order valence-corrected chi connectivity index (χ2v) is 7.66. The van der Waals surface area contributed by atoms with Gasteiger partial charge in [0, 0.05) is 9.79 Å². The standard InChI is InChI=1S/C12H13O2PS/c13-15(14)16(11-7-3-1-4-8-11)12-9-5-2-6-10-12/h1-10,13-15H. The summed E-state index contributed by atoms with van der Waals surface area (Å²) >= 11 is 0. The number of benzene rings is 2. The zero-order valence-electron chi connectivity index (χ0n) is 8.58. The molecule has 0 aliphatic carbocycles. The van der Waals surface area contributed by atoms with Crippen molar-refractivity contribution in [3.8, 4) is 0 Å². The van der Waals surface area contributed by atoms with Crippen LogP contribution in [0.1, 0.15) is 0 Å². The highest BCUT2D eigenvalue weighted by molar-refractivity contribution is 8.23. The second kappa shape index (κ2) is 5.46. The average molecular weight is 252 g/mol. The molecule has 0 amide bonds. The van der Waals surface area contributed by atoms with Crippen molar-refractivity contribution in [1.29, 1.82) is 0 Å². The second-order valence-electron chi connectivity index (χ2n) is 3.21. The van der Waals surface area contributed by atoms with Gasteiger partial charge in [0.1, 0.15) is 7.15 Å². The smallest absolute Gasteiger partial charge is 0.139 e. The largest absolute Gasteiger partial charge is 0.351 e. The van der Waals surface area contributed by atoms with E-state index in [9.17, 15) is 9.79 Å². The molecule has 0 aliphatic rings. The van der Waals surface area contributed by atoms with Crippen molar-refractivity contribution < 1.29 is 9.79 Å². The molecule has 0 saturated heterocycles. The first kappa shape index (κ1) is 11.6. The molecule has 0 heterocycles. The lowest BCUT2D eigenvalue weighted by Gasteiger charge is -2.10. The van der Waals surface area contributed by atoms with Gasteiger partial charge in [0.15, 0.2) is 0 Å². The van der Waals surface area contributed by atoms with Crippen LogP contribution in [0.15, 0.2) is 70.5 Å². The molecule has 0 unspecified atom stereocenters. The third-order valence-corrected chi connectivity index (χ3v) is 6.50. The molecular formula is C12H13O2PS. The molecule has 2 rings (SSSR count). The van der Waals surface area contributed by atoms with Crippen molar-refractivity contribution in [3.63, 3.8) is 0 Å². The molecule has 2 nitrogen and oxygen atoms in total. The third-order valence-electron chi connectivity index (χ3n) is 2.14. The Morgan fingerprint density at radius 1 is 0.688 bits per heavy atom. The van der Waals surface area contributed by atoms with Crippen molar-refractivity contribution in [1.82, 2.24) is 0 Å². The summed E-state index contributed by atoms with van der Waals surface area (Å²) in [7, 11) is -2.94. The van der Waals surface area contributed by atoms with Gasteiger partial charge in [-0.2, -0.15) is 0 Å². The van der Waals surface area contributed by atoms with Gasteiger partial charge in [0.05, 0.1) is 0 Å². The molecule has 0 spiro atoms. The van der Waals surface area contributed by atoms with Crippen molar-refractivity contribution in [3.05, 3.63) is 60.7 Å². The Morgan fingerprint density at radius 2 is 1.06 bits per heavy atom. The molecule has 0 fully saturated rings. The lowest BCUT2D eigenvalue weighted by molar-refractivity contribution is 0.509. The quantitative estimate of drug-likeness (QED) is 0.807. The molecule has 2 aromatic rings. The van der Waals surface area contributed by atoms with E-state index in [0.717, 1.165) is 9.79 Å². The average Bonchev–Trinajstić information content (AvgIpc) is 2.31. The van der Waals surface area contributed by atoms with Gasteiger partial charge >= 0.3 is 0 Å². The SMILES string of the molecule is O[PH](O)=S(c1ccccc1)c1ccccc1. The van der Waals surface area contributed by atoms with Crippen LogP contribution in [0.25, 0.3) is 0 Å². The number of hydrogen-bond donors (Lipinski definition) is 2. The highest BCUT2D eigenvalue weighted by Crippen LogP contribution is 2.30. The van der Waals surface area contributed by atoms with Gasteiger partial charge in [-0.25, -0.2) is 0 Å². The lowest BCUT2D eigenvalue weighted by atomic mass is 10.4. The molecule has 4 heteroatoms. The van der Waals surface area contributed by atoms with E-state index in [2.05, 4.69) is 0 Å². The Bertz CT molecular complexity index is 451. The topological polar surface area (TPSA) is 40.5 Å². The van der Waals surface area contributed by atoms with Gasteiger partial charge in [0.2, 0.25) is 0 Å². The fraction of sp³-hybridized carbons (Fsp3) is 0. The molecule has 0 aromatic heterocycles. The summed E-state index contributed by atoms with van der Waals surface area (Å²) in [6, 6.07) is 19.3. The fourth-order valence-corrected chi connectivity index (χ4v) is 5.09. The molecular weight excluding hydrogens is 239 g/mol. The summed E-state index contributed by atoms with van der Waals surface area (Å²) in [4.78, 5) is 21.1. The maximum Gasteiger partial charge on any atom is 0.139 e. The van der Waals surface area contributed by atoms with Crippen LogP contribution in [0.5, 0.6) is 0 Å². The summed E-state index contributed by atoms with van der Waals surface area (Å²) in [5, 5.41) is 0. The molecule has 84 valence electrons. The van der Waals surface area contributed by atoms with Crippen LogP contribution in [0.4, 0.5) is 0 Å². The van der Waals surface area contributed by atoms with E-state index in [4.69, 9.17) is 0 Å². The van der Waals surface area contributed by atoms with Gasteiger partial charge in [-0.3, -0.25) is 0 Å². The zero-order chi connectivity index (χ0) is 11.4. The van der Waals surface area contributed by atoms with E-state index in [1.54, 1.807) is 0 Å². The Balaban J connectivity index is 2.54. The number of hydrogen-bond acceptors (Lipinski definition) is 0. The maximum absolute atomic E-state index is 9.59. The van der Waals surface area contributed by atoms with Gasteiger partial charge in [-0.05, 0) is 24.3 Å². The maximum atomic E-state index is 9.59. The van der Waals surface area contributed by atoms with Gasteiger partial charge < -0.3 is 9.79 Å². The highest BCUT2D eigenvalue weighted by atomic mass is 32.5. The summed E-state index contributed by atoms with van der Waals surface area (Å²) in [5.41, 5.74) is 0. The first-order valence-electron chi connectivity index (χ1n) is 4.88. The Hall–Kier alpha value is -0.860. The van der Waals surface area contributed by atoms with Crippen molar-refractivity contribution in [2.75, 3.05) is 0 Å². The minimum absolute atomic E-state index is 0.590. The van der Waals surface area contributed by atoms with E-state index in [0.29, 0.717) is 0 Å². The van der Waals surface area contributed by atoms with E-state index < -0.39 is 17.2 Å². The first-order chi connectivity index (χ1) is 7.79. The lowest BCUT2D eigenvalue weighted by Crippen LogP contribution is -1.91. The van der Waals surface area contributed by atoms with E-state index in [1.807, 2.05) is 60.7 Å². The molecule has 0 saturated carbocycles. The fourth-order valence-electron chi connectivity index (χ4n) is 1.46. The van der Waals surface area contributed by atoms with Crippen molar-refractivity contribution in [2.45, 2.75) is 9.79 Å². The normalized spacial score (nSPS) is 11.0. The van der Waals surface area contributed by atoms with E-state index in [-0.39, 0.29) is 0 Å². The summed E-state index contributed by atoms with van der Waals surface area (Å²) in [6.45, 7) is 0. The monoisotopic (exact) mass is 252 g/mol. The molecule has 0 bridgehead atoms. The molecule has 0 radical (unpaired) electrons. The predicted molar refractivity (Wildman–Crippen MR) is 69.5 cm³/mol. The van der Waals surface area contributed by atoms with Crippen molar-refractivity contribution >= 4 is 17.2 Å². The van der Waals surface area contributed by atoms with Gasteiger partial charge in [-0.15, -0.1) is 0 Å². The third kappa shape index (κ3) is 2.63. The summed E-state index contributed by atoms with van der Waals surface area (Å²) < 4.78 is 0. The van der Waals surface area contributed by atoms with Gasteiger partial charge in [0.25, 0.3) is 0 Å². The van der Waals surface area contributed by atoms with Crippen LogP contribution in [-0.4, -0.2) is 9.79 Å². The van der Waals surface area contributed by atoms with E-state index in [1.165, 1.54) is 0 Å². The summed E-state index contributed by atoms with van der Waals surface area (Å²) in [6.07, 6.45) is 0.